The molecule has 0 saturated carbocycles. The summed E-state index contributed by atoms with van der Waals surface area (Å²) in [7, 11) is 0. The Balaban J connectivity index is 2.41. The number of thiophene rings is 1. The van der Waals surface area contributed by atoms with Crippen LogP contribution in [0.1, 0.15) is 16.5 Å². The highest BCUT2D eigenvalue weighted by molar-refractivity contribution is 7.10. The van der Waals surface area contributed by atoms with E-state index in [0.29, 0.717) is 15.5 Å². The van der Waals surface area contributed by atoms with Crippen molar-refractivity contribution < 1.29 is 8.78 Å². The minimum absolute atomic E-state index is 0.377. The Morgan fingerprint density at radius 1 is 1.19 bits per heavy atom. The second-order valence-electron chi connectivity index (χ2n) is 3.31. The lowest BCUT2D eigenvalue weighted by Gasteiger charge is -2.11. The summed E-state index contributed by atoms with van der Waals surface area (Å²) < 4.78 is 26.0. The molecule has 2 rings (SSSR count). The predicted octanol–water partition coefficient (Wildman–Crippen LogP) is 3.73. The fourth-order valence-electron chi connectivity index (χ4n) is 1.43. The molecule has 0 radical (unpaired) electrons. The Hall–Kier alpha value is -0.970. The molecule has 1 aromatic heterocycles. The number of hydrogen-bond donors (Lipinski definition) is 1. The van der Waals surface area contributed by atoms with Crippen molar-refractivity contribution in [1.29, 1.82) is 0 Å². The zero-order valence-electron chi connectivity index (χ0n) is 8.08. The van der Waals surface area contributed by atoms with Gasteiger partial charge in [-0.15, -0.1) is 11.3 Å². The summed E-state index contributed by atoms with van der Waals surface area (Å²) in [6.45, 7) is 0. The van der Waals surface area contributed by atoms with E-state index in [1.807, 2.05) is 0 Å². The van der Waals surface area contributed by atoms with Gasteiger partial charge in [-0.1, -0.05) is 11.6 Å². The number of hydrogen-bond acceptors (Lipinski definition) is 2. The lowest BCUT2D eigenvalue weighted by Crippen LogP contribution is -2.11. The standard InChI is InChI=1S/C11H8ClF2NS/c12-9-1-2-16-11(9)10(15)6-3-7(13)5-8(14)4-6/h1-5,10H,15H2. The average molecular weight is 260 g/mol. The number of halogens is 3. The highest BCUT2D eigenvalue weighted by Crippen LogP contribution is 2.31. The van der Waals surface area contributed by atoms with Crippen LogP contribution in [0.4, 0.5) is 8.78 Å². The van der Waals surface area contributed by atoms with Crippen LogP contribution in [-0.2, 0) is 0 Å². The summed E-state index contributed by atoms with van der Waals surface area (Å²) in [4.78, 5) is 0.701. The Morgan fingerprint density at radius 3 is 2.31 bits per heavy atom. The molecule has 0 aliphatic carbocycles. The van der Waals surface area contributed by atoms with Crippen molar-refractivity contribution in [2.75, 3.05) is 0 Å². The van der Waals surface area contributed by atoms with Crippen LogP contribution in [0, 0.1) is 11.6 Å². The van der Waals surface area contributed by atoms with Gasteiger partial charge in [0.15, 0.2) is 0 Å². The first-order chi connectivity index (χ1) is 7.58. The predicted molar refractivity (Wildman–Crippen MR) is 61.7 cm³/mol. The Kier molecular flexibility index (Phi) is 3.23. The van der Waals surface area contributed by atoms with Crippen LogP contribution in [-0.4, -0.2) is 0 Å². The van der Waals surface area contributed by atoms with Gasteiger partial charge in [-0.05, 0) is 29.1 Å². The molecule has 1 heterocycles. The first-order valence-corrected chi connectivity index (χ1v) is 5.78. The van der Waals surface area contributed by atoms with Crippen LogP contribution in [0.2, 0.25) is 5.02 Å². The van der Waals surface area contributed by atoms with Gasteiger partial charge in [-0.25, -0.2) is 8.78 Å². The smallest absolute Gasteiger partial charge is 0.126 e. The van der Waals surface area contributed by atoms with Crippen LogP contribution >= 0.6 is 22.9 Å². The first kappa shape index (κ1) is 11.5. The van der Waals surface area contributed by atoms with Gasteiger partial charge in [0.05, 0.1) is 11.1 Å². The molecular formula is C11H8ClF2NS. The summed E-state index contributed by atoms with van der Waals surface area (Å²) in [5, 5.41) is 2.30. The Labute approximate surface area is 100 Å². The van der Waals surface area contributed by atoms with Crippen LogP contribution in [0.15, 0.2) is 29.6 Å². The summed E-state index contributed by atoms with van der Waals surface area (Å²) in [6, 6.07) is 4.34. The second-order valence-corrected chi connectivity index (χ2v) is 4.67. The minimum Gasteiger partial charge on any atom is -0.320 e. The van der Waals surface area contributed by atoms with E-state index in [4.69, 9.17) is 17.3 Å². The molecule has 1 atom stereocenters. The molecule has 0 amide bonds. The van der Waals surface area contributed by atoms with Crippen molar-refractivity contribution >= 4 is 22.9 Å². The molecule has 2 N–H and O–H groups in total. The van der Waals surface area contributed by atoms with E-state index in [1.54, 1.807) is 11.4 Å². The lowest BCUT2D eigenvalue weighted by molar-refractivity contribution is 0.577. The molecule has 5 heteroatoms. The van der Waals surface area contributed by atoms with Crippen molar-refractivity contribution in [3.05, 3.63) is 56.7 Å². The maximum absolute atomic E-state index is 13.0. The second kappa shape index (κ2) is 4.49. The normalized spacial score (nSPS) is 12.8. The van der Waals surface area contributed by atoms with Gasteiger partial charge in [-0.3, -0.25) is 0 Å². The zero-order valence-corrected chi connectivity index (χ0v) is 9.66. The third-order valence-electron chi connectivity index (χ3n) is 2.17. The zero-order chi connectivity index (χ0) is 11.7. The molecule has 0 spiro atoms. The quantitative estimate of drug-likeness (QED) is 0.874. The maximum Gasteiger partial charge on any atom is 0.126 e. The average Bonchev–Trinajstić information content (AvgIpc) is 2.62. The monoisotopic (exact) mass is 259 g/mol. The summed E-state index contributed by atoms with van der Waals surface area (Å²) in [5.41, 5.74) is 6.27. The highest BCUT2D eigenvalue weighted by atomic mass is 35.5. The van der Waals surface area contributed by atoms with Gasteiger partial charge < -0.3 is 5.73 Å². The van der Waals surface area contributed by atoms with Gasteiger partial charge in [-0.2, -0.15) is 0 Å². The van der Waals surface area contributed by atoms with E-state index < -0.39 is 17.7 Å². The molecule has 0 fully saturated rings. The largest absolute Gasteiger partial charge is 0.320 e. The number of benzene rings is 1. The third-order valence-corrected chi connectivity index (χ3v) is 3.61. The SMILES string of the molecule is NC(c1cc(F)cc(F)c1)c1sccc1Cl. The number of nitrogens with two attached hydrogens (primary N) is 1. The molecule has 1 aromatic carbocycles. The molecule has 16 heavy (non-hydrogen) atoms. The molecule has 1 unspecified atom stereocenters. The molecule has 0 saturated heterocycles. The van der Waals surface area contributed by atoms with Gasteiger partial charge >= 0.3 is 0 Å². The third kappa shape index (κ3) is 2.24. The minimum atomic E-state index is -0.641. The van der Waals surface area contributed by atoms with Crippen LogP contribution < -0.4 is 5.73 Å². The van der Waals surface area contributed by atoms with Crippen molar-refractivity contribution in [1.82, 2.24) is 0 Å². The molecule has 1 nitrogen and oxygen atoms in total. The first-order valence-electron chi connectivity index (χ1n) is 4.52. The van der Waals surface area contributed by atoms with Gasteiger partial charge in [0.1, 0.15) is 11.6 Å². The van der Waals surface area contributed by atoms with Crippen molar-refractivity contribution in [3.8, 4) is 0 Å². The Morgan fingerprint density at radius 2 is 1.81 bits per heavy atom. The molecule has 84 valence electrons. The summed E-state index contributed by atoms with van der Waals surface area (Å²) in [6.07, 6.45) is 0. The van der Waals surface area contributed by atoms with Crippen LogP contribution in [0.3, 0.4) is 0 Å². The topological polar surface area (TPSA) is 26.0 Å². The van der Waals surface area contributed by atoms with Crippen molar-refractivity contribution in [2.24, 2.45) is 5.73 Å². The van der Waals surface area contributed by atoms with E-state index in [2.05, 4.69) is 0 Å². The fraction of sp³-hybridized carbons (Fsp3) is 0.0909. The summed E-state index contributed by atoms with van der Waals surface area (Å²) in [5.74, 6) is -1.28. The molecule has 0 bridgehead atoms. The highest BCUT2D eigenvalue weighted by Gasteiger charge is 2.15. The van der Waals surface area contributed by atoms with Crippen LogP contribution in [0.25, 0.3) is 0 Å². The van der Waals surface area contributed by atoms with Crippen molar-refractivity contribution in [3.63, 3.8) is 0 Å². The summed E-state index contributed by atoms with van der Waals surface area (Å²) >= 11 is 7.27. The molecule has 2 aromatic rings. The van der Waals surface area contributed by atoms with Crippen molar-refractivity contribution in [2.45, 2.75) is 6.04 Å². The van der Waals surface area contributed by atoms with E-state index >= 15 is 0 Å². The molecule has 0 aliphatic rings. The fourth-order valence-corrected chi connectivity index (χ4v) is 2.64. The van der Waals surface area contributed by atoms with E-state index in [9.17, 15) is 8.78 Å². The lowest BCUT2D eigenvalue weighted by atomic mass is 10.1. The van der Waals surface area contributed by atoms with Gasteiger partial charge in [0.25, 0.3) is 0 Å². The van der Waals surface area contributed by atoms with E-state index in [0.717, 1.165) is 6.07 Å². The molecular weight excluding hydrogens is 252 g/mol. The number of rotatable bonds is 2. The maximum atomic E-state index is 13.0. The van der Waals surface area contributed by atoms with E-state index in [1.165, 1.54) is 23.5 Å². The van der Waals surface area contributed by atoms with E-state index in [-0.39, 0.29) is 0 Å². The molecule has 0 aliphatic heterocycles. The van der Waals surface area contributed by atoms with Crippen LogP contribution in [0.5, 0.6) is 0 Å². The Bertz CT molecular complexity index is 492. The van der Waals surface area contributed by atoms with Gasteiger partial charge in [0.2, 0.25) is 0 Å². The van der Waals surface area contributed by atoms with Gasteiger partial charge in [0, 0.05) is 10.9 Å².